The van der Waals surface area contributed by atoms with Gasteiger partial charge in [-0.15, -0.1) is 29.8 Å². The molecule has 0 aliphatic heterocycles. The van der Waals surface area contributed by atoms with E-state index in [9.17, 15) is 0 Å². The number of hydrogen-bond acceptors (Lipinski definition) is 2. The summed E-state index contributed by atoms with van der Waals surface area (Å²) < 4.78 is 13.9. The van der Waals surface area contributed by atoms with E-state index in [0.29, 0.717) is 11.5 Å². The van der Waals surface area contributed by atoms with Gasteiger partial charge in [0, 0.05) is 55.1 Å². The molecule has 0 radical (unpaired) electrons. The van der Waals surface area contributed by atoms with Gasteiger partial charge in [-0.25, -0.2) is 4.98 Å². The molecule has 0 bridgehead atoms. The van der Waals surface area contributed by atoms with Crippen molar-refractivity contribution < 1.29 is 30.4 Å². The summed E-state index contributed by atoms with van der Waals surface area (Å²) in [4.78, 5) is 5.03. The molecule has 5 nitrogen and oxygen atoms in total. The van der Waals surface area contributed by atoms with Crippen LogP contribution < -0.4 is 9.30 Å². The number of para-hydroxylation sites is 1. The number of pyridine rings is 1. The van der Waals surface area contributed by atoms with Gasteiger partial charge >= 0.3 is 0 Å². The fourth-order valence-corrected chi connectivity index (χ4v) is 11.2. The van der Waals surface area contributed by atoms with Crippen LogP contribution in [0.5, 0.6) is 11.5 Å². The Balaban J connectivity index is 0.00000722. The number of rotatable bonds is 11. The van der Waals surface area contributed by atoms with E-state index in [2.05, 4.69) is 300 Å². The van der Waals surface area contributed by atoms with Crippen molar-refractivity contribution >= 4 is 21.8 Å². The van der Waals surface area contributed by atoms with Crippen molar-refractivity contribution in [1.82, 2.24) is 14.1 Å². The van der Waals surface area contributed by atoms with Crippen LogP contribution in [0.4, 0.5) is 0 Å². The summed E-state index contributed by atoms with van der Waals surface area (Å²) in [5, 5.41) is 2.27. The average molecular weight is 1190 g/mol. The van der Waals surface area contributed by atoms with Crippen LogP contribution in [-0.2, 0) is 53.6 Å². The topological polar surface area (TPSA) is 35.9 Å². The number of nitrogens with zero attached hydrogens (tertiary/aromatic N) is 4. The molecule has 3 heterocycles. The van der Waals surface area contributed by atoms with Crippen LogP contribution in [0.3, 0.4) is 0 Å². The Labute approximate surface area is 473 Å². The summed E-state index contributed by atoms with van der Waals surface area (Å²) in [5.74, 6) is 2.02. The van der Waals surface area contributed by atoms with Crippen molar-refractivity contribution in [2.45, 2.75) is 136 Å². The number of fused-ring (bicyclic) bond motifs is 3. The van der Waals surface area contributed by atoms with Crippen molar-refractivity contribution in [2.24, 2.45) is 0 Å². The normalized spacial score (nSPS) is 12.8. The second kappa shape index (κ2) is 20.2. The van der Waals surface area contributed by atoms with Crippen molar-refractivity contribution in [2.75, 3.05) is 0 Å². The standard InChI is InChI=1S/C71H74N4O.Pt/c1-66(2,3)51-38-39-72-62(43-51)75-60-37-26-25-36-58(60)63-59(71(14,15)50-32-23-18-24-33-50)45-57(46-61(63)75)76-56-35-27-34-54(44-56)73-47-74(65(68(7,8)9)64(73)67(4,5)6)55-41-52(69(10,11)48-28-19-16-20-29-48)40-53(42-55)70(12,13)49-30-21-17-22-31-49;/h16-43,45H,1-15H3;/q-2;. The van der Waals surface area contributed by atoms with Crippen LogP contribution in [0.25, 0.3) is 39.0 Å². The van der Waals surface area contributed by atoms with Gasteiger partial charge in [-0.05, 0) is 96.4 Å². The van der Waals surface area contributed by atoms with Gasteiger partial charge in [-0.1, -0.05) is 230 Å². The zero-order valence-electron chi connectivity index (χ0n) is 47.8. The van der Waals surface area contributed by atoms with E-state index in [1.54, 1.807) is 0 Å². The quantitative estimate of drug-likeness (QED) is 0.0956. The molecule has 0 fully saturated rings. The fourth-order valence-electron chi connectivity index (χ4n) is 11.2. The Hall–Kier alpha value is -6.81. The minimum atomic E-state index is -0.420. The molecule has 0 saturated carbocycles. The molecule has 0 aliphatic carbocycles. The second-order valence-electron chi connectivity index (χ2n) is 25.5. The third-order valence-corrected chi connectivity index (χ3v) is 15.8. The van der Waals surface area contributed by atoms with Crippen molar-refractivity contribution in [3.05, 3.63) is 245 Å². The first-order valence-electron chi connectivity index (χ1n) is 27.0. The zero-order chi connectivity index (χ0) is 54.2. The maximum absolute atomic E-state index is 7.11. The second-order valence-corrected chi connectivity index (χ2v) is 25.5. The van der Waals surface area contributed by atoms with Gasteiger partial charge in [0.05, 0.1) is 17.1 Å². The smallest absolute Gasteiger partial charge is 0.267 e. The molecular weight excluding hydrogens is 1120 g/mol. The van der Waals surface area contributed by atoms with Crippen LogP contribution in [-0.4, -0.2) is 14.1 Å². The summed E-state index contributed by atoms with van der Waals surface area (Å²) in [5.41, 5.74) is 13.1. The summed E-state index contributed by atoms with van der Waals surface area (Å²) in [6, 6.07) is 68.7. The van der Waals surface area contributed by atoms with Gasteiger partial charge in [0.1, 0.15) is 5.82 Å². The van der Waals surface area contributed by atoms with Crippen LogP contribution >= 0.6 is 0 Å². The van der Waals surface area contributed by atoms with Crippen LogP contribution in [0.15, 0.2) is 176 Å². The van der Waals surface area contributed by atoms with Crippen molar-refractivity contribution in [3.8, 4) is 28.7 Å². The van der Waals surface area contributed by atoms with Crippen LogP contribution in [0, 0.1) is 18.5 Å². The van der Waals surface area contributed by atoms with E-state index in [4.69, 9.17) is 9.72 Å². The third kappa shape index (κ3) is 10.3. The Morgan fingerprint density at radius 2 is 1.01 bits per heavy atom. The molecule has 0 aliphatic rings. The zero-order valence-corrected chi connectivity index (χ0v) is 50.0. The molecule has 77 heavy (non-hydrogen) atoms. The largest absolute Gasteiger partial charge is 0.510 e. The minimum absolute atomic E-state index is 0. The maximum atomic E-state index is 7.11. The number of ether oxygens (including phenoxy) is 1. The number of imidazole rings is 1. The minimum Gasteiger partial charge on any atom is -0.510 e. The van der Waals surface area contributed by atoms with E-state index in [1.807, 2.05) is 12.3 Å². The Kier molecular flexibility index (Phi) is 14.4. The molecule has 3 aromatic heterocycles. The molecule has 0 N–H and O–H groups in total. The maximum Gasteiger partial charge on any atom is 0.267 e. The summed E-state index contributed by atoms with van der Waals surface area (Å²) >= 11 is 0. The van der Waals surface area contributed by atoms with Crippen LogP contribution in [0.2, 0.25) is 0 Å². The molecule has 0 atom stereocenters. The number of benzene rings is 7. The Morgan fingerprint density at radius 1 is 0.468 bits per heavy atom. The molecule has 6 heteroatoms. The van der Waals surface area contributed by atoms with Gasteiger partial charge in [0.25, 0.3) is 6.33 Å². The summed E-state index contributed by atoms with van der Waals surface area (Å²) in [6.07, 6.45) is 5.91. The van der Waals surface area contributed by atoms with E-state index in [-0.39, 0.29) is 48.1 Å². The number of aromatic nitrogens is 4. The Bertz CT molecular complexity index is 3680. The van der Waals surface area contributed by atoms with E-state index in [0.717, 1.165) is 50.3 Å². The van der Waals surface area contributed by atoms with Gasteiger partial charge in [0.2, 0.25) is 0 Å². The molecule has 0 spiro atoms. The van der Waals surface area contributed by atoms with Crippen molar-refractivity contribution in [1.29, 1.82) is 0 Å². The third-order valence-electron chi connectivity index (χ3n) is 15.8. The summed E-state index contributed by atoms with van der Waals surface area (Å²) in [7, 11) is 0. The first kappa shape index (κ1) is 55.0. The first-order valence-corrected chi connectivity index (χ1v) is 27.0. The molecule has 10 rings (SSSR count). The van der Waals surface area contributed by atoms with Gasteiger partial charge in [0.15, 0.2) is 0 Å². The van der Waals surface area contributed by atoms with E-state index in [1.165, 1.54) is 39.1 Å². The van der Waals surface area contributed by atoms with Gasteiger partial charge in [-0.2, -0.15) is 12.1 Å². The average Bonchev–Trinajstić information content (AvgIpc) is 4.21. The van der Waals surface area contributed by atoms with Crippen molar-refractivity contribution in [3.63, 3.8) is 0 Å². The van der Waals surface area contributed by atoms with Gasteiger partial charge < -0.3 is 13.9 Å². The van der Waals surface area contributed by atoms with Gasteiger partial charge in [-0.3, -0.25) is 4.57 Å². The molecule has 0 unspecified atom stereocenters. The predicted molar refractivity (Wildman–Crippen MR) is 314 cm³/mol. The molecular formula is C71H74N4OPt-2. The monoisotopic (exact) mass is 1190 g/mol. The molecule has 0 amide bonds. The van der Waals surface area contributed by atoms with E-state index >= 15 is 0 Å². The predicted octanol–water partition coefficient (Wildman–Crippen LogP) is 17.3. The SMILES string of the molecule is CC(C)(C)c1ccnc(-n2c3[c-]c(Oc4[c-]c(-n5[c-][n+](-c6cc(C(C)(C)c7ccccc7)cc(C(C)(C)c7ccccc7)c6)c(C(C)(C)C)c5C(C)(C)C)ccc4)cc(C(C)(C)c4ccccc4)c3c3ccccc32)c1.[Pt]. The molecule has 7 aromatic carbocycles. The molecule has 0 saturated heterocycles. The number of hydrogen-bond donors (Lipinski definition) is 0. The Morgan fingerprint density at radius 3 is 1.56 bits per heavy atom. The molecule has 396 valence electrons. The summed E-state index contributed by atoms with van der Waals surface area (Å²) in [6.45, 7) is 34.6. The fraction of sp³-hybridized carbons (Fsp3) is 0.296. The van der Waals surface area contributed by atoms with Crippen LogP contribution in [0.1, 0.15) is 154 Å². The first-order chi connectivity index (χ1) is 35.8. The molecule has 10 aromatic rings. The van der Waals surface area contributed by atoms with E-state index < -0.39 is 5.41 Å².